The molecule has 14 atom stereocenters. The largest absolute Gasteiger partial charge is 1.00 e. The van der Waals surface area contributed by atoms with Crippen LogP contribution in [0.25, 0.3) is 0 Å². The quantitative estimate of drug-likeness (QED) is 0.0252. The van der Waals surface area contributed by atoms with Crippen LogP contribution in [0.15, 0.2) is 0 Å². The Morgan fingerprint density at radius 1 is 0.134 bits per heavy atom. The Hall–Kier alpha value is -4.15. The summed E-state index contributed by atoms with van der Waals surface area (Å²) in [5.74, 6) is -11.3. The molecule has 0 aromatic heterocycles. The van der Waals surface area contributed by atoms with E-state index >= 15 is 0 Å². The predicted octanol–water partition coefficient (Wildman–Crippen LogP) is 23.4. The molecular weight excluding hydrogens is 1870 g/mol. The molecule has 28 nitrogen and oxygen atoms in total. The van der Waals surface area contributed by atoms with E-state index in [9.17, 15) is 77.3 Å². The molecule has 0 aromatic carbocycles. The average molecular weight is 2100 g/mol. The third-order valence-electron chi connectivity index (χ3n) is 24.4. The number of rotatable bonds is 70. The van der Waals surface area contributed by atoms with Crippen LogP contribution in [0.4, 0.5) is 0 Å². The van der Waals surface area contributed by atoms with Crippen molar-refractivity contribution in [3.63, 3.8) is 0 Å². The zero-order valence-corrected chi connectivity index (χ0v) is 103. The molecule has 0 aliphatic carbocycles. The Bertz CT molecular complexity index is 2100. The van der Waals surface area contributed by atoms with Crippen molar-refractivity contribution in [2.75, 3.05) is 0 Å². The Morgan fingerprint density at radius 3 is 0.225 bits per heavy atom. The summed E-state index contributed by atoms with van der Waals surface area (Å²) in [5.41, 5.74) is 0. The number of carboxylic acids is 14. The van der Waals surface area contributed by atoms with Crippen LogP contribution in [0.1, 0.15) is 553 Å². The van der Waals surface area contributed by atoms with Crippen LogP contribution < -0.4 is 113 Å². The number of hydrogen-bond donors (Lipinski definition) is 12. The molecule has 142 heavy (non-hydrogen) atoms. The maximum atomic E-state index is 10.4. The fourth-order valence-corrected chi connectivity index (χ4v) is 13.3. The smallest absolute Gasteiger partial charge is 0.550 e. The van der Waals surface area contributed by atoms with Crippen molar-refractivity contribution in [1.29, 1.82) is 0 Å². The van der Waals surface area contributed by atoms with Gasteiger partial charge < -0.3 is 81.1 Å². The summed E-state index contributed by atoms with van der Waals surface area (Å²) in [6.07, 6.45) is 51.6. The van der Waals surface area contributed by atoms with E-state index in [4.69, 9.17) is 61.3 Å². The fourth-order valence-electron chi connectivity index (χ4n) is 13.3. The van der Waals surface area contributed by atoms with Gasteiger partial charge >= 0.3 is 174 Å². The van der Waals surface area contributed by atoms with Crippen LogP contribution in [0.5, 0.6) is 0 Å². The molecule has 0 aliphatic rings. The summed E-state index contributed by atoms with van der Waals surface area (Å²) in [7, 11) is 0. The first kappa shape index (κ1) is 174. The minimum Gasteiger partial charge on any atom is -0.550 e. The summed E-state index contributed by atoms with van der Waals surface area (Å²) in [5, 5.41) is 124. The molecule has 0 saturated carbocycles. The predicted molar refractivity (Wildman–Crippen MR) is 568 cm³/mol. The molecule has 0 bridgehead atoms. The molecule has 0 aliphatic heterocycles. The Labute approximate surface area is 952 Å². The van der Waals surface area contributed by atoms with Gasteiger partial charge in [0.05, 0.1) is 71.0 Å². The van der Waals surface area contributed by atoms with E-state index in [2.05, 4.69) is 96.9 Å². The first-order valence-corrected chi connectivity index (χ1v) is 55.2. The van der Waals surface area contributed by atoms with Crippen LogP contribution in [0, 0.1) is 82.9 Å². The first-order valence-electron chi connectivity index (χ1n) is 55.2. The van der Waals surface area contributed by atoms with E-state index in [0.717, 1.165) is 347 Å². The summed E-state index contributed by atoms with van der Waals surface area (Å²) in [4.78, 5) is 146. The van der Waals surface area contributed by atoms with Crippen molar-refractivity contribution < 1.29 is 241 Å². The van der Waals surface area contributed by atoms with Crippen LogP contribution in [0.3, 0.4) is 0 Å². The van der Waals surface area contributed by atoms with Gasteiger partial charge in [0, 0.05) is 11.9 Å². The third-order valence-corrected chi connectivity index (χ3v) is 24.4. The van der Waals surface area contributed by atoms with E-state index in [1.807, 2.05) is 96.9 Å². The fraction of sp³-hybridized carbons (Fsp3) is 0.875. The summed E-state index contributed by atoms with van der Waals surface area (Å²) >= 11 is 0. The number of aliphatic carboxylic acids is 14. The second kappa shape index (κ2) is 137. The maximum absolute atomic E-state index is 10.4. The van der Waals surface area contributed by atoms with E-state index < -0.39 is 83.6 Å². The van der Waals surface area contributed by atoms with Crippen molar-refractivity contribution in [2.24, 2.45) is 82.9 Å². The van der Waals surface area contributed by atoms with E-state index in [1.165, 1.54) is 0 Å². The molecule has 14 unspecified atom stereocenters. The van der Waals surface area contributed by atoms with Gasteiger partial charge in [0.25, 0.3) is 0 Å². The van der Waals surface area contributed by atoms with Gasteiger partial charge in [0.2, 0.25) is 0 Å². The van der Waals surface area contributed by atoms with Gasteiger partial charge in [-0.15, -0.1) is 0 Å². The van der Waals surface area contributed by atoms with Gasteiger partial charge in [-0.25, -0.2) is 0 Å². The third kappa shape index (κ3) is 134. The van der Waals surface area contributed by atoms with Crippen molar-refractivity contribution in [3.8, 4) is 0 Å². The maximum Gasteiger partial charge on any atom is 1.00 e. The number of hydrogen-bond acceptors (Lipinski definition) is 16. The normalized spacial score (nSPS) is 12.8. The van der Waals surface area contributed by atoms with Crippen molar-refractivity contribution in [1.82, 2.24) is 0 Å². The number of carbonyl (C=O) groups is 14. The van der Waals surface area contributed by atoms with Crippen LogP contribution >= 0.6 is 0 Å². The molecule has 0 aromatic rings. The zero-order chi connectivity index (χ0) is 112. The Morgan fingerprint density at radius 2 is 0.190 bits per heavy atom. The van der Waals surface area contributed by atoms with Gasteiger partial charge in [-0.1, -0.05) is 374 Å². The first-order chi connectivity index (χ1) is 66.1. The van der Waals surface area contributed by atoms with Crippen molar-refractivity contribution in [3.05, 3.63) is 0 Å². The van der Waals surface area contributed by atoms with E-state index in [1.54, 1.807) is 0 Å². The molecule has 0 radical (unpaired) electrons. The number of carboxylic acid groups (broad SMARTS) is 14. The van der Waals surface area contributed by atoms with Gasteiger partial charge in [-0.3, -0.25) is 57.5 Å². The second-order valence-corrected chi connectivity index (χ2v) is 36.2. The molecule has 0 spiro atoms. The van der Waals surface area contributed by atoms with Gasteiger partial charge in [0.15, 0.2) is 0 Å². The summed E-state index contributed by atoms with van der Waals surface area (Å²) in [6, 6.07) is 0. The molecule has 0 heterocycles. The van der Waals surface area contributed by atoms with Crippen LogP contribution in [-0.4, -0.2) is 145 Å². The van der Waals surface area contributed by atoms with Crippen LogP contribution in [0.2, 0.25) is 0 Å². The molecule has 0 rings (SSSR count). The number of carbonyl (C=O) groups excluding carboxylic acids is 2. The minimum atomic E-state index is -0.893. The molecular formula is C112H222K2O28. The van der Waals surface area contributed by atoms with Crippen molar-refractivity contribution in [2.45, 2.75) is 553 Å². The van der Waals surface area contributed by atoms with Gasteiger partial charge in [-0.05, 0) is 192 Å². The monoisotopic (exact) mass is 2090 g/mol. The SMILES string of the molecule is CCCCC(CC)C(=O)O.CCCCC(CC)C(=O)O.CCCCC(CC)C(=O)O.CCCCC(CC)C(=O)O.CCCCC(CC)C(=O)O.CCCCC(CC)C(=O)O.CCCCC(CC)C(=O)O.CCCCC(CC)C(=O)O.CCCCC(CC)C(=O)O.CCCCC(CC)C(=O)O.CCCCC(CC)C(=O)O.CCCCC(CC)C(=O)O.CCCCC(CC)C(=O)[O-].CCCCC(CC)C(=O)[O-].[K+].[K+]. The summed E-state index contributed by atoms with van der Waals surface area (Å²) in [6.45, 7) is 55.9. The van der Waals surface area contributed by atoms with Crippen molar-refractivity contribution >= 4 is 83.6 Å². The molecule has 12 N–H and O–H groups in total. The molecule has 840 valence electrons. The van der Waals surface area contributed by atoms with E-state index in [0.29, 0.717) is 12.8 Å². The van der Waals surface area contributed by atoms with E-state index in [-0.39, 0.29) is 186 Å². The topological polar surface area (TPSA) is 528 Å². The summed E-state index contributed by atoms with van der Waals surface area (Å²) < 4.78 is 0. The molecule has 0 fully saturated rings. The molecule has 0 saturated heterocycles. The van der Waals surface area contributed by atoms with Gasteiger partial charge in [-0.2, -0.15) is 0 Å². The Kier molecular flexibility index (Phi) is 168. The van der Waals surface area contributed by atoms with Crippen LogP contribution in [-0.2, 0) is 67.1 Å². The standard InChI is InChI=1S/14C8H16O2.2K/c14*1-3-5-6-7(4-2)8(9)10;;/h14*7H,3-6H2,1-2H3,(H,9,10);;/q;;;;;;;;;;;;;;2*+1/p-2. The minimum absolute atomic E-state index is 0. The second-order valence-electron chi connectivity index (χ2n) is 36.2. The average Bonchev–Trinajstić information content (AvgIpc) is 1.11. The zero-order valence-electron chi connectivity index (χ0n) is 96.6. The molecule has 30 heteroatoms. The molecule has 0 amide bonds. The van der Waals surface area contributed by atoms with Gasteiger partial charge in [0.1, 0.15) is 0 Å². The Balaban J connectivity index is -0.0000000859. The number of unbranched alkanes of at least 4 members (excludes halogenated alkanes) is 14.